The number of aromatic nitrogens is 3. The predicted molar refractivity (Wildman–Crippen MR) is 196 cm³/mol. The van der Waals surface area contributed by atoms with Crippen LogP contribution in [0.4, 0.5) is 0 Å². The van der Waals surface area contributed by atoms with E-state index in [2.05, 4.69) is 150 Å². The molecule has 0 spiro atoms. The van der Waals surface area contributed by atoms with Gasteiger partial charge in [-0.15, -0.1) is 11.3 Å². The lowest BCUT2D eigenvalue weighted by Crippen LogP contribution is -2.15. The van der Waals surface area contributed by atoms with Gasteiger partial charge in [-0.2, -0.15) is 0 Å². The molecule has 0 radical (unpaired) electrons. The molecule has 8 bridgehead atoms. The fourth-order valence-electron chi connectivity index (χ4n) is 8.50. The first-order valence-electron chi connectivity index (χ1n) is 15.9. The van der Waals surface area contributed by atoms with E-state index in [1.807, 2.05) is 11.3 Å². The average Bonchev–Trinajstić information content (AvgIpc) is 3.80. The molecule has 1 aliphatic rings. The molecule has 0 atom stereocenters. The van der Waals surface area contributed by atoms with Gasteiger partial charge in [-0.05, 0) is 76.5 Å². The zero-order valence-electron chi connectivity index (χ0n) is 25.4. The minimum Gasteiger partial charge on any atom is -0.307 e. The van der Waals surface area contributed by atoms with Gasteiger partial charge in [0.2, 0.25) is 0 Å². The van der Waals surface area contributed by atoms with Crippen molar-refractivity contribution in [2.45, 2.75) is 19.3 Å². The van der Waals surface area contributed by atoms with Gasteiger partial charge in [-0.1, -0.05) is 80.6 Å². The summed E-state index contributed by atoms with van der Waals surface area (Å²) in [4.78, 5) is 5.00. The Labute approximate surface area is 267 Å². The molecular weight excluding hydrogens is 579 g/mol. The van der Waals surface area contributed by atoms with Crippen LogP contribution in [0.3, 0.4) is 0 Å². The highest BCUT2D eigenvalue weighted by Crippen LogP contribution is 2.52. The summed E-state index contributed by atoms with van der Waals surface area (Å²) < 4.78 is 7.54. The highest BCUT2D eigenvalue weighted by Gasteiger charge is 2.40. The van der Waals surface area contributed by atoms with Crippen molar-refractivity contribution in [3.8, 4) is 0 Å². The Morgan fingerprint density at radius 3 is 1.80 bits per heavy atom. The highest BCUT2D eigenvalue weighted by molar-refractivity contribution is 7.25. The maximum Gasteiger partial charge on any atom is 0.0753 e. The van der Waals surface area contributed by atoms with Gasteiger partial charge >= 0.3 is 0 Å². The van der Waals surface area contributed by atoms with Gasteiger partial charge in [0.1, 0.15) is 0 Å². The second kappa shape index (κ2) is 8.42. The number of benzene rings is 5. The summed E-state index contributed by atoms with van der Waals surface area (Å²) in [6.45, 7) is 4.82. The topological polar surface area (TPSA) is 21.7 Å². The SMILES string of the molecule is CC1(C)c2c3ccccc3n3c4cccc(c4)c4ccc5sc6cnc(cc6c5c4)c4cccc(c4)n4c5ccccc5c1c4c23. The number of para-hydroxylation sites is 2. The van der Waals surface area contributed by atoms with Crippen molar-refractivity contribution >= 4 is 97.1 Å². The van der Waals surface area contributed by atoms with Gasteiger partial charge in [-0.3, -0.25) is 4.98 Å². The fraction of sp³-hybridized carbons (Fsp3) is 0.0714. The molecule has 11 rings (SSSR count). The van der Waals surface area contributed by atoms with Crippen LogP contribution in [-0.4, -0.2) is 13.8 Å². The number of pyridine rings is 1. The zero-order valence-corrected chi connectivity index (χ0v) is 26.2. The third-order valence-electron chi connectivity index (χ3n) is 10.4. The van der Waals surface area contributed by atoms with E-state index in [0.29, 0.717) is 0 Å². The maximum absolute atomic E-state index is 5.00. The first-order valence-corrected chi connectivity index (χ1v) is 16.7. The lowest BCUT2D eigenvalue weighted by atomic mass is 9.80. The maximum atomic E-state index is 5.00. The summed E-state index contributed by atoms with van der Waals surface area (Å²) in [7, 11) is 0. The molecule has 10 aromatic rings. The van der Waals surface area contributed by atoms with E-state index < -0.39 is 0 Å². The molecule has 0 N–H and O–H groups in total. The van der Waals surface area contributed by atoms with Crippen molar-refractivity contribution in [2.75, 3.05) is 0 Å². The van der Waals surface area contributed by atoms with Crippen LogP contribution in [0, 0.1) is 0 Å². The number of nitrogens with zero attached hydrogens (tertiary/aromatic N) is 3. The molecule has 5 heterocycles. The third kappa shape index (κ3) is 3.00. The molecule has 3 nitrogen and oxygen atoms in total. The van der Waals surface area contributed by atoms with Crippen LogP contribution in [0.1, 0.15) is 25.0 Å². The van der Waals surface area contributed by atoms with Crippen LogP contribution in [0.15, 0.2) is 128 Å². The van der Waals surface area contributed by atoms with Gasteiger partial charge in [0.15, 0.2) is 0 Å². The number of fused-ring (bicyclic) bond motifs is 16. The monoisotopic (exact) mass is 605 g/mol. The Morgan fingerprint density at radius 2 is 1.11 bits per heavy atom. The first kappa shape index (κ1) is 24.8. The van der Waals surface area contributed by atoms with E-state index in [9.17, 15) is 0 Å². The molecule has 0 fully saturated rings. The van der Waals surface area contributed by atoms with Gasteiger partial charge in [0, 0.05) is 54.3 Å². The van der Waals surface area contributed by atoms with Crippen molar-refractivity contribution < 1.29 is 0 Å². The summed E-state index contributed by atoms with van der Waals surface area (Å²) in [6.07, 6.45) is 2.06. The fourth-order valence-corrected chi connectivity index (χ4v) is 9.54. The van der Waals surface area contributed by atoms with Crippen LogP contribution < -0.4 is 0 Å². The highest BCUT2D eigenvalue weighted by atomic mass is 32.1. The zero-order chi connectivity index (χ0) is 30.3. The lowest BCUT2D eigenvalue weighted by Gasteiger charge is -2.21. The van der Waals surface area contributed by atoms with Crippen molar-refractivity contribution in [1.82, 2.24) is 13.8 Å². The van der Waals surface area contributed by atoms with Crippen molar-refractivity contribution in [2.24, 2.45) is 0 Å². The smallest absolute Gasteiger partial charge is 0.0753 e. The van der Waals surface area contributed by atoms with Crippen molar-refractivity contribution in [3.05, 3.63) is 139 Å². The normalized spacial score (nSPS) is 14.0. The Hall–Kier alpha value is -5.45. The molecule has 216 valence electrons. The van der Waals surface area contributed by atoms with E-state index in [1.165, 1.54) is 80.4 Å². The minimum absolute atomic E-state index is 0.204. The molecular formula is C42H27N3S. The lowest BCUT2D eigenvalue weighted by molar-refractivity contribution is 0.674. The standard InChI is InChI=1S/C42H27N3S/c1-42(2)38-29-13-3-5-15-34(29)44-27-11-7-9-24(19-27)25-17-18-36-31(21-25)32-22-33(43-23-37(32)46-36)26-10-8-12-28(20-26)45-35-16-6-4-14-30(35)39(42)41(45)40(38)44/h3-23H,1-2H3. The summed E-state index contributed by atoms with van der Waals surface area (Å²) in [6, 6.07) is 45.2. The van der Waals surface area contributed by atoms with Crippen LogP contribution in [0.5, 0.6) is 0 Å². The van der Waals surface area contributed by atoms with Gasteiger partial charge in [0.25, 0.3) is 0 Å². The molecule has 0 unspecified atom stereocenters. The van der Waals surface area contributed by atoms with Crippen molar-refractivity contribution in [1.29, 1.82) is 0 Å². The molecule has 0 aliphatic heterocycles. The predicted octanol–water partition coefficient (Wildman–Crippen LogP) is 11.5. The van der Waals surface area contributed by atoms with E-state index in [4.69, 9.17) is 4.98 Å². The molecule has 5 aromatic carbocycles. The van der Waals surface area contributed by atoms with E-state index in [0.717, 1.165) is 16.4 Å². The van der Waals surface area contributed by atoms with E-state index in [-0.39, 0.29) is 5.41 Å². The van der Waals surface area contributed by atoms with E-state index in [1.54, 1.807) is 0 Å². The molecule has 0 saturated carbocycles. The number of thiophene rings is 1. The van der Waals surface area contributed by atoms with Crippen molar-refractivity contribution in [3.63, 3.8) is 0 Å². The van der Waals surface area contributed by atoms with Crippen LogP contribution >= 0.6 is 11.3 Å². The van der Waals surface area contributed by atoms with Gasteiger partial charge < -0.3 is 8.80 Å². The Balaban J connectivity index is 1.53. The number of hydrogen-bond donors (Lipinski definition) is 0. The van der Waals surface area contributed by atoms with E-state index >= 15 is 0 Å². The summed E-state index contributed by atoms with van der Waals surface area (Å²) in [5, 5.41) is 8.73. The molecule has 0 amide bonds. The summed E-state index contributed by atoms with van der Waals surface area (Å²) >= 11 is 1.82. The second-order valence-corrected chi connectivity index (χ2v) is 14.3. The average molecular weight is 606 g/mol. The van der Waals surface area contributed by atoms with Gasteiger partial charge in [-0.25, -0.2) is 0 Å². The number of rotatable bonds is 0. The largest absolute Gasteiger partial charge is 0.307 e. The molecule has 5 aromatic heterocycles. The summed E-state index contributed by atoms with van der Waals surface area (Å²) in [5.41, 5.74) is 10.9. The molecule has 46 heavy (non-hydrogen) atoms. The number of hydrogen-bond acceptors (Lipinski definition) is 2. The second-order valence-electron chi connectivity index (χ2n) is 13.3. The van der Waals surface area contributed by atoms with Crippen LogP contribution in [0.25, 0.3) is 85.7 Å². The molecule has 0 saturated heterocycles. The van der Waals surface area contributed by atoms with Crippen LogP contribution in [0.2, 0.25) is 0 Å². The first-order chi connectivity index (χ1) is 22.6. The summed E-state index contributed by atoms with van der Waals surface area (Å²) in [5.74, 6) is 0. The minimum atomic E-state index is -0.204. The Morgan fingerprint density at radius 1 is 0.522 bits per heavy atom. The molecule has 4 heteroatoms. The Bertz CT molecular complexity index is 2860. The quantitative estimate of drug-likeness (QED) is 0.168. The Kier molecular flexibility index (Phi) is 4.54. The molecule has 1 aliphatic carbocycles. The van der Waals surface area contributed by atoms with Crippen LogP contribution in [-0.2, 0) is 5.41 Å². The van der Waals surface area contributed by atoms with Gasteiger partial charge in [0.05, 0.1) is 32.3 Å². The third-order valence-corrected chi connectivity index (χ3v) is 11.5.